The van der Waals surface area contributed by atoms with E-state index in [2.05, 4.69) is 6.58 Å². The van der Waals surface area contributed by atoms with Gasteiger partial charge in [-0.05, 0) is 66.2 Å². The Morgan fingerprint density at radius 1 is 1.23 bits per heavy atom. The van der Waals surface area contributed by atoms with E-state index in [4.69, 9.17) is 0 Å². The number of hydrogen-bond donors (Lipinski definition) is 3. The van der Waals surface area contributed by atoms with Crippen LogP contribution in [-0.4, -0.2) is 32.5 Å². The summed E-state index contributed by atoms with van der Waals surface area (Å²) in [6.07, 6.45) is 3.74. The van der Waals surface area contributed by atoms with E-state index < -0.39 is 40.2 Å². The van der Waals surface area contributed by atoms with Crippen molar-refractivity contribution in [1.29, 1.82) is 0 Å². The van der Waals surface area contributed by atoms with Crippen molar-refractivity contribution < 1.29 is 24.9 Å². The second kappa shape index (κ2) is 8.78. The summed E-state index contributed by atoms with van der Waals surface area (Å²) < 4.78 is 0. The summed E-state index contributed by atoms with van der Waals surface area (Å²) in [5, 5.41) is 33.8. The van der Waals surface area contributed by atoms with Gasteiger partial charge in [0, 0.05) is 17.4 Å². The van der Waals surface area contributed by atoms with Crippen LogP contribution in [0, 0.1) is 23.2 Å². The van der Waals surface area contributed by atoms with Gasteiger partial charge in [0.2, 0.25) is 0 Å². The zero-order valence-electron chi connectivity index (χ0n) is 20.0. The van der Waals surface area contributed by atoms with E-state index >= 15 is 0 Å². The molecule has 0 bridgehead atoms. The standard InChI is InChI=1S/C26H38O5/c1-14(2)9-11-25(7)23(29)19(22(28)20(24(25)30)21(27)16(5)6)18-13-17(15(3)4)10-12-26(18,8)31/h9,16-18,28-29,31H,3,10-13H2,1-2,4-8H3/t17-,18+,25-,26+/m0/s1. The molecule has 5 nitrogen and oxygen atoms in total. The van der Waals surface area contributed by atoms with Gasteiger partial charge in [-0.25, -0.2) is 0 Å². The molecule has 0 amide bonds. The summed E-state index contributed by atoms with van der Waals surface area (Å²) in [5.74, 6) is -2.77. The Labute approximate surface area is 186 Å². The average molecular weight is 431 g/mol. The smallest absolute Gasteiger partial charge is 0.183 e. The first-order chi connectivity index (χ1) is 14.1. The maximum atomic E-state index is 13.5. The Bertz CT molecular complexity index is 879. The van der Waals surface area contributed by atoms with Crippen molar-refractivity contribution in [2.45, 2.75) is 79.8 Å². The van der Waals surface area contributed by atoms with Crippen LogP contribution < -0.4 is 0 Å². The van der Waals surface area contributed by atoms with Crippen molar-refractivity contribution in [2.24, 2.45) is 23.2 Å². The van der Waals surface area contributed by atoms with Crippen LogP contribution in [0.25, 0.3) is 0 Å². The van der Waals surface area contributed by atoms with E-state index in [0.717, 1.165) is 17.6 Å². The van der Waals surface area contributed by atoms with E-state index in [1.807, 2.05) is 26.8 Å². The van der Waals surface area contributed by atoms with Gasteiger partial charge in [0.25, 0.3) is 0 Å². The summed E-state index contributed by atoms with van der Waals surface area (Å²) in [4.78, 5) is 26.4. The van der Waals surface area contributed by atoms with E-state index in [9.17, 15) is 24.9 Å². The molecule has 0 unspecified atom stereocenters. The first-order valence-corrected chi connectivity index (χ1v) is 11.1. The normalized spacial score (nSPS) is 31.8. The van der Waals surface area contributed by atoms with Crippen LogP contribution in [-0.2, 0) is 9.59 Å². The molecule has 0 aromatic carbocycles. The Morgan fingerprint density at radius 3 is 2.29 bits per heavy atom. The number of allylic oxidation sites excluding steroid dienone is 6. The number of aliphatic hydroxyl groups excluding tert-OH is 2. The van der Waals surface area contributed by atoms with Gasteiger partial charge < -0.3 is 15.3 Å². The maximum absolute atomic E-state index is 13.5. The number of Topliss-reactive ketones (excluding diaryl/α,β-unsaturated/α-hetero) is 2. The molecule has 2 rings (SSSR count). The van der Waals surface area contributed by atoms with Gasteiger partial charge in [-0.2, -0.15) is 0 Å². The van der Waals surface area contributed by atoms with Crippen LogP contribution >= 0.6 is 0 Å². The van der Waals surface area contributed by atoms with Crippen molar-refractivity contribution in [3.63, 3.8) is 0 Å². The van der Waals surface area contributed by atoms with E-state index in [-0.39, 0.29) is 29.2 Å². The zero-order chi connectivity index (χ0) is 23.9. The van der Waals surface area contributed by atoms with Crippen LogP contribution in [0.15, 0.2) is 46.5 Å². The molecule has 172 valence electrons. The molecule has 0 spiro atoms. The molecule has 0 heterocycles. The quantitative estimate of drug-likeness (QED) is 0.381. The Kier molecular flexibility index (Phi) is 7.11. The largest absolute Gasteiger partial charge is 0.511 e. The first kappa shape index (κ1) is 25.1. The highest BCUT2D eigenvalue weighted by atomic mass is 16.3. The zero-order valence-corrected chi connectivity index (χ0v) is 20.0. The van der Waals surface area contributed by atoms with Crippen molar-refractivity contribution >= 4 is 11.6 Å². The Morgan fingerprint density at radius 2 is 1.81 bits per heavy atom. The minimum absolute atomic E-state index is 0.115. The van der Waals surface area contributed by atoms with Crippen LogP contribution in [0.4, 0.5) is 0 Å². The van der Waals surface area contributed by atoms with Crippen molar-refractivity contribution in [3.8, 4) is 0 Å². The molecule has 5 heteroatoms. The molecule has 2 aliphatic carbocycles. The number of carbonyl (C=O) groups is 2. The fourth-order valence-corrected chi connectivity index (χ4v) is 4.65. The van der Waals surface area contributed by atoms with Gasteiger partial charge in [0.05, 0.1) is 11.0 Å². The highest BCUT2D eigenvalue weighted by Crippen LogP contribution is 2.51. The van der Waals surface area contributed by atoms with Crippen molar-refractivity contribution in [1.82, 2.24) is 0 Å². The van der Waals surface area contributed by atoms with Crippen LogP contribution in [0.1, 0.15) is 74.1 Å². The van der Waals surface area contributed by atoms with Crippen molar-refractivity contribution in [2.75, 3.05) is 0 Å². The minimum atomic E-state index is -1.38. The summed E-state index contributed by atoms with van der Waals surface area (Å²) in [6, 6.07) is 0. The Balaban J connectivity index is 2.79. The first-order valence-electron chi connectivity index (χ1n) is 11.1. The number of rotatable bonds is 6. The molecular weight excluding hydrogens is 392 g/mol. The SMILES string of the molecule is C=C(C)[C@H]1CC[C@@](C)(O)[C@@H](C2=C(O)[C@](C)(CC=C(C)C)C(=O)C(C(=O)C(C)C)=C2O)C1. The van der Waals surface area contributed by atoms with E-state index in [1.165, 1.54) is 0 Å². The van der Waals surface area contributed by atoms with Gasteiger partial charge in [-0.3, -0.25) is 9.59 Å². The lowest BCUT2D eigenvalue weighted by molar-refractivity contribution is -0.128. The maximum Gasteiger partial charge on any atom is 0.183 e. The van der Waals surface area contributed by atoms with E-state index in [1.54, 1.807) is 27.7 Å². The van der Waals surface area contributed by atoms with Crippen molar-refractivity contribution in [3.05, 3.63) is 46.5 Å². The van der Waals surface area contributed by atoms with Gasteiger partial charge in [-0.1, -0.05) is 37.6 Å². The topological polar surface area (TPSA) is 94.8 Å². The molecule has 31 heavy (non-hydrogen) atoms. The summed E-state index contributed by atoms with van der Waals surface area (Å²) in [5.41, 5.74) is -0.768. The molecule has 1 fully saturated rings. The summed E-state index contributed by atoms with van der Waals surface area (Å²) in [7, 11) is 0. The average Bonchev–Trinajstić information content (AvgIpc) is 2.65. The monoisotopic (exact) mass is 430 g/mol. The second-order valence-electron chi connectivity index (χ2n) is 10.4. The highest BCUT2D eigenvalue weighted by molar-refractivity contribution is 6.24. The predicted octanol–water partition coefficient (Wildman–Crippen LogP) is 5.52. The van der Waals surface area contributed by atoms with E-state index in [0.29, 0.717) is 12.8 Å². The van der Waals surface area contributed by atoms with Crippen LogP contribution in [0.3, 0.4) is 0 Å². The number of hydrogen-bond acceptors (Lipinski definition) is 5. The second-order valence-corrected chi connectivity index (χ2v) is 10.4. The molecule has 4 atom stereocenters. The molecule has 0 aromatic heterocycles. The molecule has 0 saturated heterocycles. The summed E-state index contributed by atoms with van der Waals surface area (Å²) >= 11 is 0. The lowest BCUT2D eigenvalue weighted by atomic mass is 9.62. The fraction of sp³-hybridized carbons (Fsp3) is 0.615. The molecule has 0 aliphatic heterocycles. The third-order valence-corrected chi connectivity index (χ3v) is 7.00. The molecule has 2 aliphatic rings. The lowest BCUT2D eigenvalue weighted by Gasteiger charge is -2.45. The van der Waals surface area contributed by atoms with Gasteiger partial charge in [-0.15, -0.1) is 0 Å². The number of carbonyl (C=O) groups excluding carboxylic acids is 2. The Hall–Kier alpha value is -2.14. The number of ketones is 2. The van der Waals surface area contributed by atoms with Gasteiger partial charge in [0.15, 0.2) is 11.6 Å². The minimum Gasteiger partial charge on any atom is -0.511 e. The third kappa shape index (κ3) is 4.57. The third-order valence-electron chi connectivity index (χ3n) is 7.00. The fourth-order valence-electron chi connectivity index (χ4n) is 4.65. The molecular formula is C26H38O5. The lowest BCUT2D eigenvalue weighted by Crippen LogP contribution is -2.46. The molecule has 0 radical (unpaired) electrons. The highest BCUT2D eigenvalue weighted by Gasteiger charge is 2.52. The summed E-state index contributed by atoms with van der Waals surface area (Å²) in [6.45, 7) is 16.4. The van der Waals surface area contributed by atoms with Crippen LogP contribution in [0.5, 0.6) is 0 Å². The predicted molar refractivity (Wildman–Crippen MR) is 123 cm³/mol. The van der Waals surface area contributed by atoms with Gasteiger partial charge >= 0.3 is 0 Å². The molecule has 3 N–H and O–H groups in total. The number of aliphatic hydroxyl groups is 3. The molecule has 0 aromatic rings. The van der Waals surface area contributed by atoms with Gasteiger partial charge in [0.1, 0.15) is 17.1 Å². The van der Waals surface area contributed by atoms with Crippen LogP contribution in [0.2, 0.25) is 0 Å². The molecule has 1 saturated carbocycles.